The monoisotopic (exact) mass is 182 g/mol. The molecule has 0 amide bonds. The van der Waals surface area contributed by atoms with E-state index in [1.54, 1.807) is 11.7 Å². The van der Waals surface area contributed by atoms with Crippen molar-refractivity contribution in [1.82, 2.24) is 9.78 Å². The molecule has 0 fully saturated rings. The van der Waals surface area contributed by atoms with Crippen LogP contribution in [0.1, 0.15) is 17.7 Å². The summed E-state index contributed by atoms with van der Waals surface area (Å²) < 4.78 is 1.61. The molecule has 2 rings (SSSR count). The summed E-state index contributed by atoms with van der Waals surface area (Å²) in [5, 5.41) is 22.5. The normalized spacial score (nSPS) is 26.0. The van der Waals surface area contributed by atoms with Gasteiger partial charge in [0.1, 0.15) is 0 Å². The maximum absolute atomic E-state index is 10.8. The van der Waals surface area contributed by atoms with E-state index in [1.807, 2.05) is 0 Å². The lowest BCUT2D eigenvalue weighted by molar-refractivity contribution is -0.159. The number of aliphatic carboxylic acids is 1. The molecule has 70 valence electrons. The van der Waals surface area contributed by atoms with Gasteiger partial charge >= 0.3 is 5.97 Å². The maximum Gasteiger partial charge on any atom is 0.340 e. The Morgan fingerprint density at radius 2 is 2.46 bits per heavy atom. The summed E-state index contributed by atoms with van der Waals surface area (Å²) in [5.74, 6) is -1.20. The third kappa shape index (κ3) is 0.904. The topological polar surface area (TPSA) is 75.3 Å². The van der Waals surface area contributed by atoms with Crippen molar-refractivity contribution in [2.24, 2.45) is 7.05 Å². The molecule has 2 N–H and O–H groups in total. The number of nitrogens with zero attached hydrogens (tertiary/aromatic N) is 2. The minimum absolute atomic E-state index is 0.239. The van der Waals surface area contributed by atoms with Crippen LogP contribution in [0, 0.1) is 0 Å². The SMILES string of the molecule is Cn1ncc2c1CCC2(O)C(=O)O. The van der Waals surface area contributed by atoms with E-state index in [4.69, 9.17) is 5.11 Å². The average Bonchev–Trinajstić information content (AvgIpc) is 2.57. The van der Waals surface area contributed by atoms with E-state index in [9.17, 15) is 9.90 Å². The van der Waals surface area contributed by atoms with Crippen LogP contribution in [0.5, 0.6) is 0 Å². The van der Waals surface area contributed by atoms with Crippen LogP contribution in [-0.2, 0) is 23.9 Å². The molecule has 1 unspecified atom stereocenters. The van der Waals surface area contributed by atoms with Crippen molar-refractivity contribution in [3.63, 3.8) is 0 Å². The summed E-state index contributed by atoms with van der Waals surface area (Å²) in [6.07, 6.45) is 2.23. The highest BCUT2D eigenvalue weighted by Crippen LogP contribution is 2.36. The van der Waals surface area contributed by atoms with Crippen LogP contribution in [0.15, 0.2) is 6.20 Å². The molecule has 1 aromatic rings. The standard InChI is InChI=1S/C8H10N2O3/c1-10-6-2-3-8(13,7(11)12)5(6)4-9-10/h4,13H,2-3H2,1H3,(H,11,12). The highest BCUT2D eigenvalue weighted by molar-refractivity contribution is 5.80. The molecule has 1 atom stereocenters. The average molecular weight is 182 g/mol. The van der Waals surface area contributed by atoms with Gasteiger partial charge in [-0.2, -0.15) is 5.10 Å². The number of fused-ring (bicyclic) bond motifs is 1. The summed E-state index contributed by atoms with van der Waals surface area (Å²) in [5.41, 5.74) is -0.476. The Labute approximate surface area is 74.6 Å². The maximum atomic E-state index is 10.8. The van der Waals surface area contributed by atoms with Crippen LogP contribution >= 0.6 is 0 Å². The smallest absolute Gasteiger partial charge is 0.340 e. The van der Waals surface area contributed by atoms with Crippen LogP contribution in [0.25, 0.3) is 0 Å². The molecule has 1 aliphatic carbocycles. The minimum atomic E-state index is -1.72. The molecule has 0 radical (unpaired) electrons. The van der Waals surface area contributed by atoms with Crippen molar-refractivity contribution in [1.29, 1.82) is 0 Å². The summed E-state index contributed by atoms with van der Waals surface area (Å²) >= 11 is 0. The predicted molar refractivity (Wildman–Crippen MR) is 43.1 cm³/mol. The van der Waals surface area contributed by atoms with Gasteiger partial charge in [0.05, 0.1) is 6.20 Å². The van der Waals surface area contributed by atoms with Crippen molar-refractivity contribution in [3.05, 3.63) is 17.5 Å². The summed E-state index contributed by atoms with van der Waals surface area (Å²) in [6.45, 7) is 0. The van der Waals surface area contributed by atoms with Crippen molar-refractivity contribution < 1.29 is 15.0 Å². The Hall–Kier alpha value is -1.36. The number of carboxylic acids is 1. The fraction of sp³-hybridized carbons (Fsp3) is 0.500. The van der Waals surface area contributed by atoms with Gasteiger partial charge in [-0.15, -0.1) is 0 Å². The third-order valence-electron chi connectivity index (χ3n) is 2.58. The van der Waals surface area contributed by atoms with Gasteiger partial charge in [0, 0.05) is 18.3 Å². The lowest BCUT2D eigenvalue weighted by atomic mass is 9.99. The van der Waals surface area contributed by atoms with Gasteiger partial charge in [0.15, 0.2) is 5.60 Å². The van der Waals surface area contributed by atoms with E-state index in [0.717, 1.165) is 5.69 Å². The van der Waals surface area contributed by atoms with E-state index in [2.05, 4.69) is 5.10 Å². The minimum Gasteiger partial charge on any atom is -0.479 e. The molecule has 1 aromatic heterocycles. The highest BCUT2D eigenvalue weighted by Gasteiger charge is 2.45. The second-order valence-corrected chi connectivity index (χ2v) is 3.29. The largest absolute Gasteiger partial charge is 0.479 e. The van der Waals surface area contributed by atoms with Crippen LogP contribution in [0.2, 0.25) is 0 Å². The first-order chi connectivity index (χ1) is 6.05. The zero-order chi connectivity index (χ0) is 9.64. The van der Waals surface area contributed by atoms with Crippen molar-refractivity contribution in [3.8, 4) is 0 Å². The van der Waals surface area contributed by atoms with E-state index in [1.165, 1.54) is 6.20 Å². The number of hydrogen-bond acceptors (Lipinski definition) is 3. The number of carbonyl (C=O) groups is 1. The van der Waals surface area contributed by atoms with E-state index in [-0.39, 0.29) is 6.42 Å². The number of aryl methyl sites for hydroxylation is 1. The predicted octanol–water partition coefficient (Wildman–Crippen LogP) is -0.361. The molecule has 13 heavy (non-hydrogen) atoms. The van der Waals surface area contributed by atoms with E-state index < -0.39 is 11.6 Å². The van der Waals surface area contributed by atoms with E-state index in [0.29, 0.717) is 12.0 Å². The van der Waals surface area contributed by atoms with Gasteiger partial charge in [-0.3, -0.25) is 4.68 Å². The molecule has 1 aliphatic rings. The Kier molecular flexibility index (Phi) is 1.47. The first-order valence-corrected chi connectivity index (χ1v) is 4.03. The molecule has 0 spiro atoms. The Morgan fingerprint density at radius 3 is 3.08 bits per heavy atom. The Morgan fingerprint density at radius 1 is 1.77 bits per heavy atom. The molecule has 0 saturated carbocycles. The van der Waals surface area contributed by atoms with Crippen LogP contribution < -0.4 is 0 Å². The number of hydrogen-bond donors (Lipinski definition) is 2. The number of aliphatic hydroxyl groups is 1. The first kappa shape index (κ1) is 8.25. The molecular weight excluding hydrogens is 172 g/mol. The van der Waals surface area contributed by atoms with Gasteiger partial charge in [-0.1, -0.05) is 0 Å². The fourth-order valence-corrected chi connectivity index (χ4v) is 1.76. The lowest BCUT2D eigenvalue weighted by Gasteiger charge is -2.15. The summed E-state index contributed by atoms with van der Waals surface area (Å²) in [7, 11) is 1.74. The first-order valence-electron chi connectivity index (χ1n) is 4.03. The van der Waals surface area contributed by atoms with Crippen LogP contribution in [0.3, 0.4) is 0 Å². The van der Waals surface area contributed by atoms with E-state index >= 15 is 0 Å². The Balaban J connectivity index is 2.55. The van der Waals surface area contributed by atoms with Crippen molar-refractivity contribution in [2.75, 3.05) is 0 Å². The number of carboxylic acid groups (broad SMARTS) is 1. The molecule has 5 nitrogen and oxygen atoms in total. The third-order valence-corrected chi connectivity index (χ3v) is 2.58. The quantitative estimate of drug-likeness (QED) is 0.621. The Bertz CT molecular complexity index is 371. The van der Waals surface area contributed by atoms with Gasteiger partial charge in [-0.25, -0.2) is 4.79 Å². The fourth-order valence-electron chi connectivity index (χ4n) is 1.76. The number of rotatable bonds is 1. The molecule has 0 aromatic carbocycles. The molecular formula is C8H10N2O3. The second kappa shape index (κ2) is 2.32. The zero-order valence-electron chi connectivity index (χ0n) is 7.19. The number of aromatic nitrogens is 2. The van der Waals surface area contributed by atoms with Crippen molar-refractivity contribution in [2.45, 2.75) is 18.4 Å². The molecule has 1 heterocycles. The zero-order valence-corrected chi connectivity index (χ0v) is 7.19. The second-order valence-electron chi connectivity index (χ2n) is 3.29. The van der Waals surface area contributed by atoms with Gasteiger partial charge < -0.3 is 10.2 Å². The molecule has 0 bridgehead atoms. The van der Waals surface area contributed by atoms with Gasteiger partial charge in [0.25, 0.3) is 0 Å². The highest BCUT2D eigenvalue weighted by atomic mass is 16.4. The molecule has 0 aliphatic heterocycles. The summed E-state index contributed by atoms with van der Waals surface area (Å²) in [4.78, 5) is 10.8. The van der Waals surface area contributed by atoms with Crippen LogP contribution in [0.4, 0.5) is 0 Å². The van der Waals surface area contributed by atoms with Gasteiger partial charge in [-0.05, 0) is 12.8 Å². The van der Waals surface area contributed by atoms with Crippen LogP contribution in [-0.4, -0.2) is 26.0 Å². The lowest BCUT2D eigenvalue weighted by Crippen LogP contribution is -2.32. The van der Waals surface area contributed by atoms with Crippen molar-refractivity contribution >= 4 is 5.97 Å². The van der Waals surface area contributed by atoms with Gasteiger partial charge in [0.2, 0.25) is 0 Å². The molecule has 5 heteroatoms. The summed E-state index contributed by atoms with van der Waals surface area (Å²) in [6, 6.07) is 0. The molecule has 0 saturated heterocycles.